The SMILES string of the molecule is O=C(c1ccccc1Cl)N1CCN(C(=S)NC[C@H]2CCCO2)CC1. The molecule has 0 radical (unpaired) electrons. The quantitative estimate of drug-likeness (QED) is 0.829. The van der Waals surface area contributed by atoms with E-state index < -0.39 is 0 Å². The average Bonchev–Trinajstić information content (AvgIpc) is 3.13. The molecule has 2 aliphatic rings. The second-order valence-corrected chi connectivity index (χ2v) is 6.87. The van der Waals surface area contributed by atoms with E-state index in [1.807, 2.05) is 17.0 Å². The molecule has 1 amide bonds. The molecule has 0 aromatic heterocycles. The maximum Gasteiger partial charge on any atom is 0.255 e. The summed E-state index contributed by atoms with van der Waals surface area (Å²) in [5.41, 5.74) is 0.562. The van der Waals surface area contributed by atoms with Crippen LogP contribution in [0.2, 0.25) is 5.02 Å². The monoisotopic (exact) mass is 367 g/mol. The van der Waals surface area contributed by atoms with E-state index in [2.05, 4.69) is 10.2 Å². The average molecular weight is 368 g/mol. The number of amides is 1. The topological polar surface area (TPSA) is 44.8 Å². The molecule has 7 heteroatoms. The molecule has 1 aromatic rings. The number of hydrogen-bond acceptors (Lipinski definition) is 3. The molecule has 1 N–H and O–H groups in total. The number of nitrogens with zero attached hydrogens (tertiary/aromatic N) is 2. The van der Waals surface area contributed by atoms with Crippen LogP contribution < -0.4 is 5.32 Å². The number of thiocarbonyl (C=S) groups is 1. The van der Waals surface area contributed by atoms with E-state index >= 15 is 0 Å². The van der Waals surface area contributed by atoms with Crippen LogP contribution in [0.5, 0.6) is 0 Å². The molecule has 0 spiro atoms. The van der Waals surface area contributed by atoms with Crippen molar-refractivity contribution in [3.63, 3.8) is 0 Å². The highest BCUT2D eigenvalue weighted by molar-refractivity contribution is 7.80. The molecule has 0 unspecified atom stereocenters. The van der Waals surface area contributed by atoms with Crippen LogP contribution in [0.15, 0.2) is 24.3 Å². The van der Waals surface area contributed by atoms with Crippen LogP contribution in [0.1, 0.15) is 23.2 Å². The number of ether oxygens (including phenoxy) is 1. The summed E-state index contributed by atoms with van der Waals surface area (Å²) in [4.78, 5) is 16.5. The number of carbonyl (C=O) groups is 1. The third-order valence-corrected chi connectivity index (χ3v) is 5.20. The lowest BCUT2D eigenvalue weighted by Crippen LogP contribution is -2.53. The van der Waals surface area contributed by atoms with Gasteiger partial charge >= 0.3 is 0 Å². The van der Waals surface area contributed by atoms with Gasteiger partial charge in [-0.3, -0.25) is 4.79 Å². The van der Waals surface area contributed by atoms with Gasteiger partial charge in [0.15, 0.2) is 5.11 Å². The van der Waals surface area contributed by atoms with Crippen molar-refractivity contribution in [3.8, 4) is 0 Å². The van der Waals surface area contributed by atoms with Crippen LogP contribution >= 0.6 is 23.8 Å². The minimum Gasteiger partial charge on any atom is -0.376 e. The van der Waals surface area contributed by atoms with Crippen molar-refractivity contribution >= 4 is 34.8 Å². The Hall–Kier alpha value is -1.37. The summed E-state index contributed by atoms with van der Waals surface area (Å²) >= 11 is 11.6. The molecule has 3 rings (SSSR count). The molecule has 1 aromatic carbocycles. The van der Waals surface area contributed by atoms with Gasteiger partial charge in [0.05, 0.1) is 16.7 Å². The van der Waals surface area contributed by atoms with Gasteiger partial charge in [0, 0.05) is 39.3 Å². The van der Waals surface area contributed by atoms with Gasteiger partial charge in [-0.05, 0) is 37.2 Å². The second kappa shape index (κ2) is 8.14. The van der Waals surface area contributed by atoms with E-state index in [4.69, 9.17) is 28.6 Å². The van der Waals surface area contributed by atoms with Crippen molar-refractivity contribution in [2.24, 2.45) is 0 Å². The first-order valence-corrected chi connectivity index (χ1v) is 9.12. The number of benzene rings is 1. The third-order valence-electron chi connectivity index (χ3n) is 4.46. The Morgan fingerprint density at radius 1 is 1.25 bits per heavy atom. The molecule has 130 valence electrons. The molecular weight excluding hydrogens is 346 g/mol. The zero-order chi connectivity index (χ0) is 16.9. The molecule has 0 aliphatic carbocycles. The van der Waals surface area contributed by atoms with Crippen LogP contribution in [0.4, 0.5) is 0 Å². The standard InChI is InChI=1S/C17H22ClN3O2S/c18-15-6-2-1-5-14(15)16(22)20-7-9-21(10-8-20)17(24)19-12-13-4-3-11-23-13/h1-2,5-6,13H,3-4,7-12H2,(H,19,24)/t13-/m1/s1. The maximum absolute atomic E-state index is 12.6. The fraction of sp³-hybridized carbons (Fsp3) is 0.529. The molecular formula is C17H22ClN3O2S. The molecule has 24 heavy (non-hydrogen) atoms. The van der Waals surface area contributed by atoms with Crippen LogP contribution in [-0.2, 0) is 4.74 Å². The van der Waals surface area contributed by atoms with Crippen molar-refractivity contribution in [2.75, 3.05) is 39.3 Å². The smallest absolute Gasteiger partial charge is 0.255 e. The van der Waals surface area contributed by atoms with Gasteiger partial charge in [0.25, 0.3) is 5.91 Å². The van der Waals surface area contributed by atoms with Crippen molar-refractivity contribution < 1.29 is 9.53 Å². The summed E-state index contributed by atoms with van der Waals surface area (Å²) in [5.74, 6) is -0.0153. The summed E-state index contributed by atoms with van der Waals surface area (Å²) in [6.07, 6.45) is 2.49. The number of hydrogen-bond donors (Lipinski definition) is 1. The molecule has 1 atom stereocenters. The lowest BCUT2D eigenvalue weighted by Gasteiger charge is -2.36. The molecule has 5 nitrogen and oxygen atoms in total. The lowest BCUT2D eigenvalue weighted by atomic mass is 10.2. The highest BCUT2D eigenvalue weighted by Gasteiger charge is 2.25. The minimum absolute atomic E-state index is 0.0153. The second-order valence-electron chi connectivity index (χ2n) is 6.08. The normalized spacial score (nSPS) is 21.0. The molecule has 0 bridgehead atoms. The van der Waals surface area contributed by atoms with Crippen molar-refractivity contribution in [2.45, 2.75) is 18.9 Å². The zero-order valence-corrected chi connectivity index (χ0v) is 15.1. The van der Waals surface area contributed by atoms with E-state index in [1.54, 1.807) is 12.1 Å². The Morgan fingerprint density at radius 2 is 1.96 bits per heavy atom. The fourth-order valence-corrected chi connectivity index (χ4v) is 3.52. The highest BCUT2D eigenvalue weighted by Crippen LogP contribution is 2.18. The number of nitrogens with one attached hydrogen (secondary N) is 1. The summed E-state index contributed by atoms with van der Waals surface area (Å²) in [5, 5.41) is 4.53. The van der Waals surface area contributed by atoms with Gasteiger partial charge in [-0.15, -0.1) is 0 Å². The number of carbonyl (C=O) groups excluding carboxylic acids is 1. The van der Waals surface area contributed by atoms with Crippen LogP contribution in [0, 0.1) is 0 Å². The van der Waals surface area contributed by atoms with Gasteiger partial charge < -0.3 is 19.9 Å². The van der Waals surface area contributed by atoms with E-state index in [9.17, 15) is 4.79 Å². The van der Waals surface area contributed by atoms with Gasteiger partial charge in [-0.1, -0.05) is 23.7 Å². The Morgan fingerprint density at radius 3 is 2.62 bits per heavy atom. The Bertz CT molecular complexity index is 599. The predicted molar refractivity (Wildman–Crippen MR) is 98.5 cm³/mol. The zero-order valence-electron chi connectivity index (χ0n) is 13.5. The summed E-state index contributed by atoms with van der Waals surface area (Å²) in [7, 11) is 0. The summed E-state index contributed by atoms with van der Waals surface area (Å²) in [6.45, 7) is 4.36. The van der Waals surface area contributed by atoms with E-state index in [-0.39, 0.29) is 12.0 Å². The Balaban J connectivity index is 1.47. The summed E-state index contributed by atoms with van der Waals surface area (Å²) < 4.78 is 5.59. The Labute approximate surface area is 152 Å². The maximum atomic E-state index is 12.6. The van der Waals surface area contributed by atoms with Crippen molar-refractivity contribution in [3.05, 3.63) is 34.9 Å². The number of rotatable bonds is 3. The number of halogens is 1. The first-order chi connectivity index (χ1) is 11.6. The van der Waals surface area contributed by atoms with Gasteiger partial charge in [0.2, 0.25) is 0 Å². The largest absolute Gasteiger partial charge is 0.376 e. The summed E-state index contributed by atoms with van der Waals surface area (Å²) in [6, 6.07) is 7.18. The van der Waals surface area contributed by atoms with Gasteiger partial charge in [0.1, 0.15) is 0 Å². The van der Waals surface area contributed by atoms with Gasteiger partial charge in [-0.2, -0.15) is 0 Å². The third kappa shape index (κ3) is 4.18. The molecule has 2 heterocycles. The van der Waals surface area contributed by atoms with Crippen molar-refractivity contribution in [1.82, 2.24) is 15.1 Å². The molecule has 2 aliphatic heterocycles. The van der Waals surface area contributed by atoms with Crippen LogP contribution in [0.25, 0.3) is 0 Å². The molecule has 0 saturated carbocycles. The van der Waals surface area contributed by atoms with Gasteiger partial charge in [-0.25, -0.2) is 0 Å². The van der Waals surface area contributed by atoms with E-state index in [1.165, 1.54) is 0 Å². The van der Waals surface area contributed by atoms with Crippen LogP contribution in [-0.4, -0.2) is 66.3 Å². The number of piperazine rings is 1. The molecule has 2 saturated heterocycles. The van der Waals surface area contributed by atoms with E-state index in [0.29, 0.717) is 23.7 Å². The predicted octanol–water partition coefficient (Wildman–Crippen LogP) is 2.15. The lowest BCUT2D eigenvalue weighted by molar-refractivity contribution is 0.0690. The Kier molecular flexibility index (Phi) is 5.92. The molecule has 2 fully saturated rings. The first kappa shape index (κ1) is 17.5. The van der Waals surface area contributed by atoms with E-state index in [0.717, 1.165) is 44.2 Å². The minimum atomic E-state index is -0.0153. The van der Waals surface area contributed by atoms with Crippen LogP contribution in [0.3, 0.4) is 0 Å². The van der Waals surface area contributed by atoms with Crippen molar-refractivity contribution in [1.29, 1.82) is 0 Å². The fourth-order valence-electron chi connectivity index (χ4n) is 3.04. The first-order valence-electron chi connectivity index (χ1n) is 8.33. The highest BCUT2D eigenvalue weighted by atomic mass is 35.5.